The highest BCUT2D eigenvalue weighted by Gasteiger charge is 2.14. The van der Waals surface area contributed by atoms with E-state index in [2.05, 4.69) is 21.7 Å². The van der Waals surface area contributed by atoms with Crippen LogP contribution in [0.25, 0.3) is 0 Å². The lowest BCUT2D eigenvalue weighted by Crippen LogP contribution is -2.30. The van der Waals surface area contributed by atoms with E-state index in [4.69, 9.17) is 0 Å². The first-order chi connectivity index (χ1) is 9.56. The van der Waals surface area contributed by atoms with Crippen molar-refractivity contribution < 1.29 is 9.50 Å². The molecule has 0 spiro atoms. The molecule has 3 nitrogen and oxygen atoms in total. The highest BCUT2D eigenvalue weighted by Crippen LogP contribution is 2.22. The lowest BCUT2D eigenvalue weighted by molar-refractivity contribution is 0.292. The van der Waals surface area contributed by atoms with Gasteiger partial charge >= 0.3 is 0 Å². The molecular formula is C15H19FN2OS. The summed E-state index contributed by atoms with van der Waals surface area (Å²) in [6, 6.07) is 8.57. The van der Waals surface area contributed by atoms with Crippen molar-refractivity contribution in [3.63, 3.8) is 0 Å². The molecule has 0 radical (unpaired) electrons. The fourth-order valence-electron chi connectivity index (χ4n) is 2.11. The summed E-state index contributed by atoms with van der Waals surface area (Å²) in [5.41, 5.74) is 0.742. The van der Waals surface area contributed by atoms with E-state index in [1.54, 1.807) is 17.4 Å². The van der Waals surface area contributed by atoms with Gasteiger partial charge in [0.25, 0.3) is 0 Å². The Bertz CT molecular complexity index is 523. The SMILES string of the molecule is CN(C)C(CNCc1cc(O)cc(F)c1)c1cccs1. The summed E-state index contributed by atoms with van der Waals surface area (Å²) < 4.78 is 13.2. The van der Waals surface area contributed by atoms with Gasteiger partial charge in [-0.15, -0.1) is 11.3 Å². The zero-order valence-electron chi connectivity index (χ0n) is 11.6. The van der Waals surface area contributed by atoms with Crippen LogP contribution in [0, 0.1) is 5.82 Å². The van der Waals surface area contributed by atoms with Crippen LogP contribution in [0.4, 0.5) is 4.39 Å². The van der Waals surface area contributed by atoms with E-state index >= 15 is 0 Å². The van der Waals surface area contributed by atoms with Gasteiger partial charge in [-0.2, -0.15) is 0 Å². The maximum absolute atomic E-state index is 13.2. The minimum absolute atomic E-state index is 0.0378. The zero-order valence-corrected chi connectivity index (χ0v) is 12.5. The van der Waals surface area contributed by atoms with Crippen LogP contribution in [-0.2, 0) is 6.54 Å². The van der Waals surface area contributed by atoms with Crippen molar-refractivity contribution in [3.05, 3.63) is 52.0 Å². The van der Waals surface area contributed by atoms with Crippen molar-refractivity contribution in [3.8, 4) is 5.75 Å². The zero-order chi connectivity index (χ0) is 14.5. The third-order valence-corrected chi connectivity index (χ3v) is 4.08. The molecule has 0 amide bonds. The van der Waals surface area contributed by atoms with Gasteiger partial charge in [0, 0.05) is 24.0 Å². The third-order valence-electron chi connectivity index (χ3n) is 3.10. The number of phenolic OH excluding ortho intramolecular Hbond substituents is 1. The molecule has 0 aliphatic carbocycles. The van der Waals surface area contributed by atoms with Crippen LogP contribution in [0.2, 0.25) is 0 Å². The topological polar surface area (TPSA) is 35.5 Å². The molecule has 1 unspecified atom stereocenters. The Morgan fingerprint density at radius 3 is 2.75 bits per heavy atom. The molecule has 0 saturated heterocycles. The Labute approximate surface area is 122 Å². The van der Waals surface area contributed by atoms with E-state index in [0.717, 1.165) is 18.2 Å². The van der Waals surface area contributed by atoms with Gasteiger partial charge in [-0.3, -0.25) is 0 Å². The number of phenols is 1. The summed E-state index contributed by atoms with van der Waals surface area (Å²) in [7, 11) is 4.08. The number of rotatable bonds is 6. The van der Waals surface area contributed by atoms with Gasteiger partial charge in [0.2, 0.25) is 0 Å². The molecule has 2 aromatic rings. The average molecular weight is 294 g/mol. The van der Waals surface area contributed by atoms with Crippen molar-refractivity contribution in [2.24, 2.45) is 0 Å². The van der Waals surface area contributed by atoms with E-state index in [1.165, 1.54) is 10.9 Å². The summed E-state index contributed by atoms with van der Waals surface area (Å²) in [5.74, 6) is -0.451. The number of thiophene rings is 1. The molecule has 2 rings (SSSR count). The van der Waals surface area contributed by atoms with Crippen LogP contribution in [0.5, 0.6) is 5.75 Å². The summed E-state index contributed by atoms with van der Waals surface area (Å²) in [5, 5.41) is 14.7. The first kappa shape index (κ1) is 15.0. The number of halogens is 1. The maximum atomic E-state index is 13.2. The van der Waals surface area contributed by atoms with Crippen LogP contribution in [0.3, 0.4) is 0 Å². The van der Waals surface area contributed by atoms with Crippen LogP contribution < -0.4 is 5.32 Å². The predicted octanol–water partition coefficient (Wildman–Crippen LogP) is 2.99. The third kappa shape index (κ3) is 4.03. The van der Waals surface area contributed by atoms with Crippen LogP contribution in [0.1, 0.15) is 16.5 Å². The minimum Gasteiger partial charge on any atom is -0.508 e. The number of nitrogens with zero attached hydrogens (tertiary/aromatic N) is 1. The predicted molar refractivity (Wildman–Crippen MR) is 80.5 cm³/mol. The molecule has 20 heavy (non-hydrogen) atoms. The first-order valence-corrected chi connectivity index (χ1v) is 7.33. The molecule has 0 saturated carbocycles. The molecule has 5 heteroatoms. The molecule has 0 fully saturated rings. The number of benzene rings is 1. The molecule has 0 aliphatic rings. The largest absolute Gasteiger partial charge is 0.508 e. The monoisotopic (exact) mass is 294 g/mol. The standard InChI is InChI=1S/C15H19FN2OS/c1-18(2)14(15-4-3-5-20-15)10-17-9-11-6-12(16)8-13(19)7-11/h3-8,14,17,19H,9-10H2,1-2H3. The fraction of sp³-hybridized carbons (Fsp3) is 0.333. The first-order valence-electron chi connectivity index (χ1n) is 6.45. The number of hydrogen-bond acceptors (Lipinski definition) is 4. The number of aromatic hydroxyl groups is 1. The van der Waals surface area contributed by atoms with Crippen molar-refractivity contribution in [1.29, 1.82) is 0 Å². The Kier molecular flexibility index (Phi) is 5.11. The maximum Gasteiger partial charge on any atom is 0.127 e. The number of nitrogens with one attached hydrogen (secondary N) is 1. The highest BCUT2D eigenvalue weighted by atomic mass is 32.1. The van der Waals surface area contributed by atoms with Crippen molar-refractivity contribution in [1.82, 2.24) is 10.2 Å². The van der Waals surface area contributed by atoms with E-state index < -0.39 is 5.82 Å². The smallest absolute Gasteiger partial charge is 0.127 e. The molecule has 0 aliphatic heterocycles. The van der Waals surface area contributed by atoms with Crippen molar-refractivity contribution in [2.45, 2.75) is 12.6 Å². The molecule has 1 aromatic heterocycles. The molecule has 108 valence electrons. The Morgan fingerprint density at radius 1 is 1.35 bits per heavy atom. The lowest BCUT2D eigenvalue weighted by atomic mass is 10.2. The van der Waals surface area contributed by atoms with Crippen molar-refractivity contribution >= 4 is 11.3 Å². The molecule has 1 heterocycles. The number of likely N-dealkylation sites (N-methyl/N-ethyl adjacent to an activating group) is 1. The van der Waals surface area contributed by atoms with Crippen LogP contribution >= 0.6 is 11.3 Å². The summed E-state index contributed by atoms with van der Waals surface area (Å²) >= 11 is 1.73. The van der Waals surface area contributed by atoms with E-state index in [-0.39, 0.29) is 11.8 Å². The summed E-state index contributed by atoms with van der Waals surface area (Å²) in [4.78, 5) is 3.45. The summed E-state index contributed by atoms with van der Waals surface area (Å²) in [6.07, 6.45) is 0. The van der Waals surface area contributed by atoms with Gasteiger partial charge in [0.15, 0.2) is 0 Å². The van der Waals surface area contributed by atoms with Gasteiger partial charge in [-0.1, -0.05) is 6.07 Å². The van der Waals surface area contributed by atoms with Gasteiger partial charge in [0.05, 0.1) is 6.04 Å². The minimum atomic E-state index is -0.413. The quantitative estimate of drug-likeness (QED) is 0.860. The molecule has 0 bridgehead atoms. The lowest BCUT2D eigenvalue weighted by Gasteiger charge is -2.23. The van der Waals surface area contributed by atoms with E-state index in [9.17, 15) is 9.50 Å². The van der Waals surface area contributed by atoms with Gasteiger partial charge < -0.3 is 15.3 Å². The van der Waals surface area contributed by atoms with Gasteiger partial charge in [-0.05, 0) is 43.2 Å². The molecule has 1 atom stereocenters. The fourth-order valence-corrected chi connectivity index (χ4v) is 3.03. The molecule has 2 N–H and O–H groups in total. The van der Waals surface area contributed by atoms with Gasteiger partial charge in [0.1, 0.15) is 11.6 Å². The molecule has 1 aromatic carbocycles. The van der Waals surface area contributed by atoms with Crippen molar-refractivity contribution in [2.75, 3.05) is 20.6 Å². The van der Waals surface area contributed by atoms with Crippen LogP contribution in [0.15, 0.2) is 35.7 Å². The normalized spacial score (nSPS) is 12.8. The number of hydrogen-bond donors (Lipinski definition) is 2. The molecular weight excluding hydrogens is 275 g/mol. The second-order valence-electron chi connectivity index (χ2n) is 4.94. The van der Waals surface area contributed by atoms with Gasteiger partial charge in [-0.25, -0.2) is 4.39 Å². The van der Waals surface area contributed by atoms with E-state index in [0.29, 0.717) is 6.54 Å². The second kappa shape index (κ2) is 6.83. The van der Waals surface area contributed by atoms with Crippen LogP contribution in [-0.4, -0.2) is 30.6 Å². The Balaban J connectivity index is 1.93. The highest BCUT2D eigenvalue weighted by molar-refractivity contribution is 7.10. The Hall–Kier alpha value is -1.43. The average Bonchev–Trinajstić information content (AvgIpc) is 2.86. The Morgan fingerprint density at radius 2 is 2.15 bits per heavy atom. The second-order valence-corrected chi connectivity index (χ2v) is 5.92. The summed E-state index contributed by atoms with van der Waals surface area (Å²) in [6.45, 7) is 1.30. The van der Waals surface area contributed by atoms with E-state index in [1.807, 2.05) is 20.2 Å².